The normalized spacial score (nSPS) is 15.7. The van der Waals surface area contributed by atoms with Crippen molar-refractivity contribution >= 4 is 11.8 Å². The molecule has 7 heavy (non-hydrogen) atoms. The molecule has 0 aromatic carbocycles. The van der Waals surface area contributed by atoms with Crippen molar-refractivity contribution in [1.82, 2.24) is 0 Å². The first-order chi connectivity index (χ1) is 3.39. The highest BCUT2D eigenvalue weighted by molar-refractivity contribution is 5.93. The number of oxime groups is 1. The number of hydrogen-bond acceptors (Lipinski definition) is 3. The zero-order valence-electron chi connectivity index (χ0n) is 3.33. The van der Waals surface area contributed by atoms with Gasteiger partial charge in [-0.25, -0.2) is 4.94 Å². The predicted molar refractivity (Wildman–Crippen MR) is 23.2 cm³/mol. The van der Waals surface area contributed by atoms with E-state index >= 15 is 0 Å². The van der Waals surface area contributed by atoms with Crippen LogP contribution >= 0.6 is 0 Å². The minimum atomic E-state index is -0.213. The first-order valence-electron chi connectivity index (χ1n) is 1.61. The van der Waals surface area contributed by atoms with Crippen molar-refractivity contribution in [2.45, 2.75) is 0 Å². The standard InChI is InChI=1S/C3H2N2O2/c6-3-1-2-4-7-5-3/h1H,(H,5,6). The van der Waals surface area contributed by atoms with Crippen molar-refractivity contribution in [3.8, 4) is 0 Å². The fourth-order valence-corrected chi connectivity index (χ4v) is 0.196. The molecule has 1 rings (SSSR count). The van der Waals surface area contributed by atoms with Gasteiger partial charge in [0.05, 0.1) is 6.08 Å². The molecule has 1 aliphatic heterocycles. The van der Waals surface area contributed by atoms with Gasteiger partial charge in [0.15, 0.2) is 0 Å². The Bertz CT molecular complexity index is 154. The van der Waals surface area contributed by atoms with Gasteiger partial charge in [-0.2, -0.15) is 0 Å². The van der Waals surface area contributed by atoms with Crippen LogP contribution in [0.15, 0.2) is 16.4 Å². The lowest BCUT2D eigenvalue weighted by Crippen LogP contribution is -1.93. The Labute approximate surface area is 39.4 Å². The molecule has 0 fully saturated rings. The van der Waals surface area contributed by atoms with E-state index in [9.17, 15) is 0 Å². The zero-order valence-corrected chi connectivity index (χ0v) is 3.33. The first-order valence-corrected chi connectivity index (χ1v) is 1.61. The highest BCUT2D eigenvalue weighted by atomic mass is 16.8. The molecule has 1 heterocycles. The summed E-state index contributed by atoms with van der Waals surface area (Å²) in [4.78, 5) is 4.00. The first kappa shape index (κ1) is 3.89. The Balaban J connectivity index is 2.82. The van der Waals surface area contributed by atoms with Crippen molar-refractivity contribution in [1.29, 1.82) is 0 Å². The maximum absolute atomic E-state index is 8.36. The third-order valence-corrected chi connectivity index (χ3v) is 0.422. The predicted octanol–water partition coefficient (Wildman–Crippen LogP) is 0.0290. The third kappa shape index (κ3) is 0.773. The Hall–Kier alpha value is -1.28. The summed E-state index contributed by atoms with van der Waals surface area (Å²) in [5.74, 6) is 2.02. The molecule has 0 radical (unpaired) electrons. The van der Waals surface area contributed by atoms with E-state index in [-0.39, 0.29) is 5.90 Å². The Morgan fingerprint density at radius 2 is 2.71 bits per heavy atom. The molecule has 0 saturated carbocycles. The second kappa shape index (κ2) is 1.45. The number of nitrogens with zero attached hydrogens (tertiary/aromatic N) is 2. The van der Waals surface area contributed by atoms with Crippen LogP contribution in [0.2, 0.25) is 0 Å². The highest BCUT2D eigenvalue weighted by Crippen LogP contribution is 1.82. The zero-order chi connectivity index (χ0) is 5.11. The summed E-state index contributed by atoms with van der Waals surface area (Å²) < 4.78 is 0. The Morgan fingerprint density at radius 3 is 3.00 bits per heavy atom. The lowest BCUT2D eigenvalue weighted by Gasteiger charge is -1.86. The van der Waals surface area contributed by atoms with E-state index in [0.29, 0.717) is 0 Å². The molecule has 4 nitrogen and oxygen atoms in total. The van der Waals surface area contributed by atoms with Gasteiger partial charge in [-0.15, -0.1) is 0 Å². The quantitative estimate of drug-likeness (QED) is 0.464. The third-order valence-electron chi connectivity index (χ3n) is 0.422. The molecule has 1 aliphatic rings. The maximum atomic E-state index is 8.36. The van der Waals surface area contributed by atoms with Crippen LogP contribution < -0.4 is 0 Å². The monoisotopic (exact) mass is 98.0 g/mol. The van der Waals surface area contributed by atoms with Crippen LogP contribution in [0, 0.1) is 0 Å². The summed E-state index contributed by atoms with van der Waals surface area (Å²) in [5.41, 5.74) is 0. The molecule has 0 aliphatic carbocycles. The number of aliphatic hydroxyl groups is 1. The summed E-state index contributed by atoms with van der Waals surface area (Å²) >= 11 is 0. The summed E-state index contributed by atoms with van der Waals surface area (Å²) in [6, 6.07) is 0. The molecule has 0 saturated heterocycles. The lowest BCUT2D eigenvalue weighted by atomic mass is 10.6. The molecule has 0 spiro atoms. The minimum absolute atomic E-state index is 0.213. The molecule has 4 heteroatoms. The van der Waals surface area contributed by atoms with Crippen molar-refractivity contribution < 1.29 is 10.0 Å². The summed E-state index contributed by atoms with van der Waals surface area (Å²) in [7, 11) is 0. The molecular weight excluding hydrogens is 96.0 g/mol. The number of aliphatic hydroxyl groups excluding tert-OH is 1. The fourth-order valence-electron chi connectivity index (χ4n) is 0.196. The van der Waals surface area contributed by atoms with Crippen molar-refractivity contribution in [3.05, 3.63) is 6.08 Å². The molecule has 0 aromatic heterocycles. The largest absolute Gasteiger partial charge is 0.491 e. The topological polar surface area (TPSA) is 54.2 Å². The van der Waals surface area contributed by atoms with E-state index in [1.165, 1.54) is 6.08 Å². The molecule has 0 atom stereocenters. The SMILES string of the molecule is OC1=NON=C=C1. The van der Waals surface area contributed by atoms with Gasteiger partial charge in [-0.05, 0) is 10.3 Å². The van der Waals surface area contributed by atoms with Crippen LogP contribution in [-0.4, -0.2) is 16.9 Å². The van der Waals surface area contributed by atoms with Gasteiger partial charge in [0.25, 0.3) is 5.90 Å². The van der Waals surface area contributed by atoms with Gasteiger partial charge in [-0.1, -0.05) is 0 Å². The summed E-state index contributed by atoms with van der Waals surface area (Å²) in [5, 5.41) is 14.4. The average Bonchev–Trinajstić information content (AvgIpc) is 1.69. The van der Waals surface area contributed by atoms with Crippen LogP contribution in [0.25, 0.3) is 0 Å². The van der Waals surface area contributed by atoms with Gasteiger partial charge in [0.2, 0.25) is 0 Å². The average molecular weight is 98.1 g/mol. The smallest absolute Gasteiger partial charge is 0.260 e. The molecular formula is C3H2N2O2. The number of hydrogen-bond donors (Lipinski definition) is 1. The highest BCUT2D eigenvalue weighted by Gasteiger charge is 1.88. The van der Waals surface area contributed by atoms with Crippen LogP contribution in [0.3, 0.4) is 0 Å². The van der Waals surface area contributed by atoms with Gasteiger partial charge in [0.1, 0.15) is 0 Å². The van der Waals surface area contributed by atoms with E-state index < -0.39 is 0 Å². The Morgan fingerprint density at radius 1 is 1.86 bits per heavy atom. The molecule has 1 N–H and O–H groups in total. The maximum Gasteiger partial charge on any atom is 0.260 e. The van der Waals surface area contributed by atoms with Crippen LogP contribution in [0.5, 0.6) is 0 Å². The van der Waals surface area contributed by atoms with Crippen molar-refractivity contribution in [2.24, 2.45) is 10.3 Å². The molecule has 0 aromatic rings. The van der Waals surface area contributed by atoms with Gasteiger partial charge in [-0.3, -0.25) is 0 Å². The number of rotatable bonds is 0. The van der Waals surface area contributed by atoms with Gasteiger partial charge in [0, 0.05) is 5.87 Å². The van der Waals surface area contributed by atoms with E-state index in [4.69, 9.17) is 5.11 Å². The van der Waals surface area contributed by atoms with Crippen molar-refractivity contribution in [3.63, 3.8) is 0 Å². The second-order valence-corrected chi connectivity index (χ2v) is 0.896. The molecule has 36 valence electrons. The second-order valence-electron chi connectivity index (χ2n) is 0.896. The van der Waals surface area contributed by atoms with E-state index in [0.717, 1.165) is 0 Å². The lowest BCUT2D eigenvalue weighted by molar-refractivity contribution is 0.149. The van der Waals surface area contributed by atoms with E-state index in [1.807, 2.05) is 0 Å². The van der Waals surface area contributed by atoms with E-state index in [1.54, 1.807) is 0 Å². The summed E-state index contributed by atoms with van der Waals surface area (Å²) in [6.45, 7) is 0. The van der Waals surface area contributed by atoms with Crippen LogP contribution in [0.1, 0.15) is 0 Å². The van der Waals surface area contributed by atoms with Crippen molar-refractivity contribution in [2.75, 3.05) is 0 Å². The van der Waals surface area contributed by atoms with Gasteiger partial charge >= 0.3 is 0 Å². The fraction of sp³-hybridized carbons (Fsp3) is 0. The molecule has 0 unspecified atom stereocenters. The Kier molecular flexibility index (Phi) is 0.805. The molecule has 0 bridgehead atoms. The van der Waals surface area contributed by atoms with E-state index in [2.05, 4.69) is 21.1 Å². The van der Waals surface area contributed by atoms with Crippen LogP contribution in [-0.2, 0) is 4.94 Å². The van der Waals surface area contributed by atoms with Crippen LogP contribution in [0.4, 0.5) is 0 Å². The molecule has 0 amide bonds. The summed E-state index contributed by atoms with van der Waals surface area (Å²) in [6.07, 6.45) is 1.20. The minimum Gasteiger partial charge on any atom is -0.491 e. The van der Waals surface area contributed by atoms with Gasteiger partial charge < -0.3 is 5.11 Å².